The zero-order chi connectivity index (χ0) is 16.4. The van der Waals surface area contributed by atoms with Gasteiger partial charge < -0.3 is 15.2 Å². The van der Waals surface area contributed by atoms with Gasteiger partial charge in [-0.2, -0.15) is 0 Å². The predicted molar refractivity (Wildman–Crippen MR) is 77.4 cm³/mol. The van der Waals surface area contributed by atoms with Crippen molar-refractivity contribution in [2.24, 2.45) is 5.41 Å². The lowest BCUT2D eigenvalue weighted by molar-refractivity contribution is -0.149. The molecule has 7 nitrogen and oxygen atoms in total. The van der Waals surface area contributed by atoms with E-state index in [0.29, 0.717) is 18.6 Å². The summed E-state index contributed by atoms with van der Waals surface area (Å²) in [5, 5.41) is 11.5. The third kappa shape index (κ3) is 3.56. The Morgan fingerprint density at radius 1 is 1.27 bits per heavy atom. The number of carbonyl (C=O) groups is 2. The minimum atomic E-state index is -3.24. The van der Waals surface area contributed by atoms with E-state index in [-0.39, 0.29) is 18.0 Å². The number of aliphatic carboxylic acids is 1. The van der Waals surface area contributed by atoms with Gasteiger partial charge in [-0.25, -0.2) is 8.42 Å². The molecule has 1 aromatic carbocycles. The Kier molecular flexibility index (Phi) is 4.41. The molecule has 1 fully saturated rings. The summed E-state index contributed by atoms with van der Waals surface area (Å²) in [6, 6.07) is 5.93. The van der Waals surface area contributed by atoms with E-state index in [1.807, 2.05) is 0 Å². The third-order valence-corrected chi connectivity index (χ3v) is 4.63. The first-order valence-electron chi connectivity index (χ1n) is 6.70. The van der Waals surface area contributed by atoms with Crippen LogP contribution < -0.4 is 10.1 Å². The number of carboxylic acids is 1. The molecule has 1 aromatic rings. The molecule has 0 spiro atoms. The summed E-state index contributed by atoms with van der Waals surface area (Å²) >= 11 is 0. The van der Waals surface area contributed by atoms with Crippen molar-refractivity contribution < 1.29 is 27.9 Å². The van der Waals surface area contributed by atoms with E-state index in [0.717, 1.165) is 6.26 Å². The van der Waals surface area contributed by atoms with Crippen LogP contribution in [-0.2, 0) is 19.4 Å². The van der Waals surface area contributed by atoms with Crippen LogP contribution in [0.2, 0.25) is 0 Å². The van der Waals surface area contributed by atoms with Crippen LogP contribution in [0.25, 0.3) is 0 Å². The van der Waals surface area contributed by atoms with Crippen molar-refractivity contribution in [1.82, 2.24) is 5.32 Å². The van der Waals surface area contributed by atoms with Gasteiger partial charge in [0, 0.05) is 6.26 Å². The average Bonchev–Trinajstić information content (AvgIpc) is 3.24. The number of hydrogen-bond donors (Lipinski definition) is 2. The lowest BCUT2D eigenvalue weighted by Crippen LogP contribution is -2.38. The van der Waals surface area contributed by atoms with Crippen LogP contribution >= 0.6 is 0 Å². The molecule has 1 aliphatic rings. The van der Waals surface area contributed by atoms with E-state index in [1.165, 1.54) is 24.3 Å². The maximum Gasteiger partial charge on any atom is 0.319 e. The molecule has 8 heteroatoms. The van der Waals surface area contributed by atoms with Crippen LogP contribution in [0.1, 0.15) is 12.8 Å². The predicted octanol–water partition coefficient (Wildman–Crippen LogP) is 0.450. The Labute approximate surface area is 128 Å². The van der Waals surface area contributed by atoms with Gasteiger partial charge in [0.2, 0.25) is 5.91 Å². The van der Waals surface area contributed by atoms with Crippen LogP contribution in [0.4, 0.5) is 0 Å². The normalized spacial score (nSPS) is 15.9. The van der Waals surface area contributed by atoms with Gasteiger partial charge in [0.25, 0.3) is 0 Å². The fourth-order valence-electron chi connectivity index (χ4n) is 1.95. The summed E-state index contributed by atoms with van der Waals surface area (Å²) in [5.41, 5.74) is -1.25. The standard InChI is InChI=1S/C14H17NO6S/c1-22(19,20)11-4-2-10(3-5-11)21-9-8-15-12(16)14(6-7-14)13(17)18/h2-5H,6-9H2,1H3,(H,15,16)(H,17,18). The van der Waals surface area contributed by atoms with Crippen LogP contribution in [0.5, 0.6) is 5.75 Å². The third-order valence-electron chi connectivity index (χ3n) is 3.50. The first-order valence-corrected chi connectivity index (χ1v) is 8.59. The molecule has 0 saturated heterocycles. The second kappa shape index (κ2) is 5.96. The monoisotopic (exact) mass is 327 g/mol. The average molecular weight is 327 g/mol. The lowest BCUT2D eigenvalue weighted by Gasteiger charge is -2.11. The number of amides is 1. The minimum absolute atomic E-state index is 0.166. The molecule has 0 radical (unpaired) electrons. The van der Waals surface area contributed by atoms with Crippen molar-refractivity contribution in [1.29, 1.82) is 0 Å². The Hall–Kier alpha value is -2.09. The van der Waals surface area contributed by atoms with Crippen molar-refractivity contribution in [3.8, 4) is 5.75 Å². The highest BCUT2D eigenvalue weighted by molar-refractivity contribution is 7.90. The van der Waals surface area contributed by atoms with Gasteiger partial charge >= 0.3 is 5.97 Å². The highest BCUT2D eigenvalue weighted by Crippen LogP contribution is 2.45. The largest absolute Gasteiger partial charge is 0.492 e. The molecule has 22 heavy (non-hydrogen) atoms. The Morgan fingerprint density at radius 2 is 1.86 bits per heavy atom. The molecule has 0 atom stereocenters. The molecular weight excluding hydrogens is 310 g/mol. The number of benzene rings is 1. The molecule has 2 N–H and O–H groups in total. The highest BCUT2D eigenvalue weighted by Gasteiger charge is 2.56. The summed E-state index contributed by atoms with van der Waals surface area (Å²) in [6.45, 7) is 0.349. The quantitative estimate of drug-likeness (QED) is 0.556. The second-order valence-corrected chi connectivity index (χ2v) is 7.25. The number of carbonyl (C=O) groups excluding carboxylic acids is 1. The Morgan fingerprint density at radius 3 is 2.32 bits per heavy atom. The Bertz CT molecular complexity index is 676. The first-order chi connectivity index (χ1) is 10.3. The summed E-state index contributed by atoms with van der Waals surface area (Å²) in [4.78, 5) is 22.9. The highest BCUT2D eigenvalue weighted by atomic mass is 32.2. The van der Waals surface area contributed by atoms with Gasteiger partial charge in [-0.05, 0) is 37.1 Å². The number of nitrogens with one attached hydrogen (secondary N) is 1. The van der Waals surface area contributed by atoms with Gasteiger partial charge in [-0.3, -0.25) is 9.59 Å². The van der Waals surface area contributed by atoms with E-state index in [1.54, 1.807) is 0 Å². The van der Waals surface area contributed by atoms with E-state index in [4.69, 9.17) is 9.84 Å². The zero-order valence-corrected chi connectivity index (χ0v) is 12.9. The van der Waals surface area contributed by atoms with Gasteiger partial charge in [-0.1, -0.05) is 0 Å². The summed E-state index contributed by atoms with van der Waals surface area (Å²) in [5.74, 6) is -1.11. The molecule has 0 aliphatic heterocycles. The van der Waals surface area contributed by atoms with Gasteiger partial charge in [0.1, 0.15) is 17.8 Å². The molecule has 120 valence electrons. The van der Waals surface area contributed by atoms with E-state index in [9.17, 15) is 18.0 Å². The number of ether oxygens (including phenoxy) is 1. The number of rotatable bonds is 7. The molecule has 0 heterocycles. The van der Waals surface area contributed by atoms with Crippen molar-refractivity contribution in [2.45, 2.75) is 17.7 Å². The van der Waals surface area contributed by atoms with Crippen molar-refractivity contribution in [2.75, 3.05) is 19.4 Å². The molecule has 1 saturated carbocycles. The van der Waals surface area contributed by atoms with Crippen LogP contribution in [0.3, 0.4) is 0 Å². The lowest BCUT2D eigenvalue weighted by atomic mass is 10.1. The summed E-state index contributed by atoms with van der Waals surface area (Å²) in [6.07, 6.45) is 1.85. The van der Waals surface area contributed by atoms with E-state index >= 15 is 0 Å². The van der Waals surface area contributed by atoms with Crippen LogP contribution in [-0.4, -0.2) is 44.8 Å². The summed E-state index contributed by atoms with van der Waals surface area (Å²) < 4.78 is 28.0. The van der Waals surface area contributed by atoms with Crippen molar-refractivity contribution in [3.05, 3.63) is 24.3 Å². The second-order valence-electron chi connectivity index (χ2n) is 5.24. The van der Waals surface area contributed by atoms with E-state index in [2.05, 4.69) is 5.32 Å². The molecule has 0 unspecified atom stereocenters. The smallest absolute Gasteiger partial charge is 0.319 e. The van der Waals surface area contributed by atoms with Gasteiger partial charge in [0.05, 0.1) is 11.4 Å². The zero-order valence-electron chi connectivity index (χ0n) is 12.0. The van der Waals surface area contributed by atoms with Crippen molar-refractivity contribution >= 4 is 21.7 Å². The molecular formula is C14H17NO6S. The minimum Gasteiger partial charge on any atom is -0.492 e. The summed E-state index contributed by atoms with van der Waals surface area (Å²) in [7, 11) is -3.24. The van der Waals surface area contributed by atoms with Crippen LogP contribution in [0.15, 0.2) is 29.2 Å². The number of hydrogen-bond acceptors (Lipinski definition) is 5. The van der Waals surface area contributed by atoms with Crippen molar-refractivity contribution in [3.63, 3.8) is 0 Å². The Balaban J connectivity index is 1.78. The SMILES string of the molecule is CS(=O)(=O)c1ccc(OCCNC(=O)C2(C(=O)O)CC2)cc1. The molecule has 0 aromatic heterocycles. The number of carboxylic acid groups (broad SMARTS) is 1. The molecule has 1 aliphatic carbocycles. The topological polar surface area (TPSA) is 110 Å². The van der Waals surface area contributed by atoms with Crippen LogP contribution in [0, 0.1) is 5.41 Å². The van der Waals surface area contributed by atoms with Gasteiger partial charge in [0.15, 0.2) is 9.84 Å². The number of sulfone groups is 1. The maximum absolute atomic E-state index is 11.7. The fraction of sp³-hybridized carbons (Fsp3) is 0.429. The maximum atomic E-state index is 11.7. The first kappa shape index (κ1) is 16.3. The molecule has 1 amide bonds. The fourth-order valence-corrected chi connectivity index (χ4v) is 2.58. The molecule has 2 rings (SSSR count). The van der Waals surface area contributed by atoms with Gasteiger partial charge in [-0.15, -0.1) is 0 Å². The van der Waals surface area contributed by atoms with E-state index < -0.39 is 27.1 Å². The molecule has 0 bridgehead atoms.